The van der Waals surface area contributed by atoms with Gasteiger partial charge in [-0.25, -0.2) is 18.4 Å². The van der Waals surface area contributed by atoms with Crippen LogP contribution in [0.1, 0.15) is 22.5 Å². The number of sulfone groups is 1. The van der Waals surface area contributed by atoms with Gasteiger partial charge in [-0.3, -0.25) is 0 Å². The Labute approximate surface area is 169 Å². The van der Waals surface area contributed by atoms with Crippen LogP contribution in [0.15, 0.2) is 11.2 Å². The lowest BCUT2D eigenvalue weighted by Crippen LogP contribution is -2.47. The first kappa shape index (κ1) is 19.4. The smallest absolute Gasteiger partial charge is 0.189 e. The summed E-state index contributed by atoms with van der Waals surface area (Å²) in [4.78, 5) is 13.7. The van der Waals surface area contributed by atoms with Crippen molar-refractivity contribution in [3.63, 3.8) is 0 Å². The second-order valence-electron chi connectivity index (χ2n) is 7.23. The molecule has 2 aromatic heterocycles. The Bertz CT molecular complexity index is 1000. The standard InChI is InChI=1S/C18H24N6O2S2/c1-12-13(2)19-18(27-3)20-17(12)24-7-5-23(6-8-24)16-10-14-11-28(25,26)9-4-15(14)21-22-16/h10H,4-9,11H2,1-3H3. The van der Waals surface area contributed by atoms with Crippen LogP contribution in [0.4, 0.5) is 11.6 Å². The topological polar surface area (TPSA) is 92.2 Å². The van der Waals surface area contributed by atoms with Crippen LogP contribution >= 0.6 is 11.8 Å². The third-order valence-corrected chi connectivity index (χ3v) is 7.53. The van der Waals surface area contributed by atoms with Crippen LogP contribution in [0.25, 0.3) is 0 Å². The number of hydrogen-bond acceptors (Lipinski definition) is 9. The van der Waals surface area contributed by atoms with Gasteiger partial charge in [-0.05, 0) is 31.7 Å². The van der Waals surface area contributed by atoms with E-state index in [1.165, 1.54) is 0 Å². The molecule has 2 aromatic rings. The maximum Gasteiger partial charge on any atom is 0.189 e. The molecular formula is C18H24N6O2S2. The number of fused-ring (bicyclic) bond motifs is 1. The first-order chi connectivity index (χ1) is 13.4. The molecule has 4 rings (SSSR count). The van der Waals surface area contributed by atoms with E-state index in [1.54, 1.807) is 11.8 Å². The van der Waals surface area contributed by atoms with Crippen LogP contribution in [0, 0.1) is 13.8 Å². The molecule has 0 bridgehead atoms. The Hall–Kier alpha value is -1.94. The van der Waals surface area contributed by atoms with Gasteiger partial charge in [-0.2, -0.15) is 5.10 Å². The molecule has 4 heterocycles. The van der Waals surface area contributed by atoms with Gasteiger partial charge < -0.3 is 9.80 Å². The van der Waals surface area contributed by atoms with Gasteiger partial charge >= 0.3 is 0 Å². The van der Waals surface area contributed by atoms with E-state index in [4.69, 9.17) is 4.98 Å². The molecule has 0 aliphatic carbocycles. The molecule has 1 fully saturated rings. The largest absolute Gasteiger partial charge is 0.353 e. The maximum absolute atomic E-state index is 11.9. The second kappa shape index (κ2) is 7.47. The summed E-state index contributed by atoms with van der Waals surface area (Å²) in [6.07, 6.45) is 2.45. The normalized spacial score (nSPS) is 18.8. The first-order valence-electron chi connectivity index (χ1n) is 9.31. The maximum atomic E-state index is 11.9. The van der Waals surface area contributed by atoms with E-state index in [2.05, 4.69) is 31.9 Å². The Kier molecular flexibility index (Phi) is 5.17. The van der Waals surface area contributed by atoms with Gasteiger partial charge in [0.25, 0.3) is 0 Å². The Morgan fingerprint density at radius 3 is 2.46 bits per heavy atom. The van der Waals surface area contributed by atoms with E-state index in [0.717, 1.165) is 65.5 Å². The van der Waals surface area contributed by atoms with Crippen LogP contribution in [-0.4, -0.2) is 66.8 Å². The summed E-state index contributed by atoms with van der Waals surface area (Å²) >= 11 is 1.55. The van der Waals surface area contributed by atoms with Crippen molar-refractivity contribution in [2.75, 3.05) is 48.0 Å². The van der Waals surface area contributed by atoms with Crippen molar-refractivity contribution >= 4 is 33.2 Å². The highest BCUT2D eigenvalue weighted by Gasteiger charge is 2.26. The molecule has 0 aromatic carbocycles. The number of rotatable bonds is 3. The predicted octanol–water partition coefficient (Wildman–Crippen LogP) is 1.40. The Morgan fingerprint density at radius 2 is 1.75 bits per heavy atom. The monoisotopic (exact) mass is 420 g/mol. The van der Waals surface area contributed by atoms with Gasteiger partial charge in [0.1, 0.15) is 5.82 Å². The number of anilines is 2. The average molecular weight is 421 g/mol. The van der Waals surface area contributed by atoms with Crippen molar-refractivity contribution in [3.8, 4) is 0 Å². The summed E-state index contributed by atoms with van der Waals surface area (Å²) in [6.45, 7) is 7.31. The molecule has 0 unspecified atom stereocenters. The summed E-state index contributed by atoms with van der Waals surface area (Å²) in [5.74, 6) is 2.00. The number of piperazine rings is 1. The van der Waals surface area contributed by atoms with E-state index in [0.29, 0.717) is 6.42 Å². The molecule has 1 saturated heterocycles. The molecule has 2 aliphatic rings. The molecule has 8 nitrogen and oxygen atoms in total. The van der Waals surface area contributed by atoms with Crippen LogP contribution in [0.3, 0.4) is 0 Å². The van der Waals surface area contributed by atoms with Crippen LogP contribution in [0.5, 0.6) is 0 Å². The number of thioether (sulfide) groups is 1. The van der Waals surface area contributed by atoms with E-state index in [1.807, 2.05) is 19.2 Å². The molecule has 2 aliphatic heterocycles. The lowest BCUT2D eigenvalue weighted by molar-refractivity contribution is 0.589. The van der Waals surface area contributed by atoms with Crippen molar-refractivity contribution in [2.45, 2.75) is 31.2 Å². The Balaban J connectivity index is 1.50. The van der Waals surface area contributed by atoms with Gasteiger partial charge in [-0.1, -0.05) is 11.8 Å². The van der Waals surface area contributed by atoms with E-state index in [9.17, 15) is 8.42 Å². The molecule has 0 N–H and O–H groups in total. The van der Waals surface area contributed by atoms with Crippen molar-refractivity contribution in [1.29, 1.82) is 0 Å². The highest BCUT2D eigenvalue weighted by Crippen LogP contribution is 2.26. The molecule has 0 amide bonds. The SMILES string of the molecule is CSc1nc(C)c(C)c(N2CCN(c3cc4c(nn3)CCS(=O)(=O)C4)CC2)n1. The summed E-state index contributed by atoms with van der Waals surface area (Å²) < 4.78 is 23.9. The quantitative estimate of drug-likeness (QED) is 0.540. The predicted molar refractivity (Wildman–Crippen MR) is 111 cm³/mol. The van der Waals surface area contributed by atoms with E-state index < -0.39 is 9.84 Å². The summed E-state index contributed by atoms with van der Waals surface area (Å²) in [5, 5.41) is 9.44. The summed E-state index contributed by atoms with van der Waals surface area (Å²) in [5.41, 5.74) is 3.74. The highest BCUT2D eigenvalue weighted by atomic mass is 32.2. The van der Waals surface area contributed by atoms with Gasteiger partial charge in [0, 0.05) is 43.9 Å². The van der Waals surface area contributed by atoms with Crippen LogP contribution < -0.4 is 9.80 Å². The molecule has 0 atom stereocenters. The fourth-order valence-electron chi connectivity index (χ4n) is 3.63. The number of nitrogens with zero attached hydrogens (tertiary/aromatic N) is 6. The number of hydrogen-bond donors (Lipinski definition) is 0. The average Bonchev–Trinajstić information content (AvgIpc) is 2.69. The molecular weight excluding hydrogens is 396 g/mol. The fraction of sp³-hybridized carbons (Fsp3) is 0.556. The summed E-state index contributed by atoms with van der Waals surface area (Å²) in [6, 6.07) is 1.90. The van der Waals surface area contributed by atoms with Crippen LogP contribution in [-0.2, 0) is 22.0 Å². The molecule has 150 valence electrons. The third-order valence-electron chi connectivity index (χ3n) is 5.40. The molecule has 0 spiro atoms. The van der Waals surface area contributed by atoms with Gasteiger partial charge in [0.2, 0.25) is 0 Å². The fourth-order valence-corrected chi connectivity index (χ4v) is 5.41. The zero-order valence-corrected chi connectivity index (χ0v) is 18.0. The molecule has 28 heavy (non-hydrogen) atoms. The molecule has 0 radical (unpaired) electrons. The lowest BCUT2D eigenvalue weighted by Gasteiger charge is -2.36. The van der Waals surface area contributed by atoms with E-state index in [-0.39, 0.29) is 11.5 Å². The van der Waals surface area contributed by atoms with Crippen molar-refractivity contribution < 1.29 is 8.42 Å². The molecule has 10 heteroatoms. The Morgan fingerprint density at radius 1 is 1.04 bits per heavy atom. The van der Waals surface area contributed by atoms with Gasteiger partial charge in [0.15, 0.2) is 20.8 Å². The number of aromatic nitrogens is 4. The first-order valence-corrected chi connectivity index (χ1v) is 12.4. The minimum atomic E-state index is -3.01. The van der Waals surface area contributed by atoms with Crippen molar-refractivity contribution in [3.05, 3.63) is 28.6 Å². The van der Waals surface area contributed by atoms with Gasteiger partial charge in [-0.15, -0.1) is 5.10 Å². The lowest BCUT2D eigenvalue weighted by atomic mass is 10.1. The van der Waals surface area contributed by atoms with Crippen molar-refractivity contribution in [2.24, 2.45) is 0 Å². The second-order valence-corrected chi connectivity index (χ2v) is 10.2. The zero-order chi connectivity index (χ0) is 19.9. The minimum Gasteiger partial charge on any atom is -0.353 e. The van der Waals surface area contributed by atoms with Gasteiger partial charge in [0.05, 0.1) is 17.2 Å². The van der Waals surface area contributed by atoms with Crippen molar-refractivity contribution in [1.82, 2.24) is 20.2 Å². The van der Waals surface area contributed by atoms with E-state index >= 15 is 0 Å². The zero-order valence-electron chi connectivity index (χ0n) is 16.3. The minimum absolute atomic E-state index is 0.0711. The third kappa shape index (κ3) is 3.80. The summed E-state index contributed by atoms with van der Waals surface area (Å²) in [7, 11) is -3.01. The number of aryl methyl sites for hydroxylation is 2. The van der Waals surface area contributed by atoms with Crippen LogP contribution in [0.2, 0.25) is 0 Å². The molecule has 0 saturated carbocycles. The highest BCUT2D eigenvalue weighted by molar-refractivity contribution is 7.98.